The van der Waals surface area contributed by atoms with Crippen molar-refractivity contribution in [1.29, 1.82) is 0 Å². The van der Waals surface area contributed by atoms with Crippen LogP contribution >= 0.6 is 34.8 Å². The predicted molar refractivity (Wildman–Crippen MR) is 82.9 cm³/mol. The van der Waals surface area contributed by atoms with Crippen molar-refractivity contribution in [2.24, 2.45) is 0 Å². The summed E-state index contributed by atoms with van der Waals surface area (Å²) in [5.74, 6) is -0.576. The summed E-state index contributed by atoms with van der Waals surface area (Å²) in [6.45, 7) is 0. The van der Waals surface area contributed by atoms with Gasteiger partial charge in [-0.25, -0.2) is 4.39 Å². The molecule has 21 heavy (non-hydrogen) atoms. The van der Waals surface area contributed by atoms with Gasteiger partial charge in [-0.15, -0.1) is 11.6 Å². The second-order valence-electron chi connectivity index (χ2n) is 4.79. The monoisotopic (exact) mass is 343 g/mol. The van der Waals surface area contributed by atoms with E-state index in [0.717, 1.165) is 5.56 Å². The normalized spacial score (nSPS) is 14.8. The van der Waals surface area contributed by atoms with Gasteiger partial charge in [0.15, 0.2) is 0 Å². The Labute approximate surface area is 135 Å². The van der Waals surface area contributed by atoms with Crippen LogP contribution in [0.2, 0.25) is 10.0 Å². The highest BCUT2D eigenvalue weighted by Gasteiger charge is 2.23. The summed E-state index contributed by atoms with van der Waals surface area (Å²) in [4.78, 5) is 11.4. The maximum Gasteiger partial charge on any atom is 0.228 e. The van der Waals surface area contributed by atoms with E-state index in [0.29, 0.717) is 28.3 Å². The molecule has 108 valence electrons. The van der Waals surface area contributed by atoms with Crippen molar-refractivity contribution in [3.05, 3.63) is 62.9 Å². The minimum Gasteiger partial charge on any atom is -0.325 e. The number of hydrogen-bond acceptors (Lipinski definition) is 1. The number of alkyl halides is 1. The van der Waals surface area contributed by atoms with E-state index in [-0.39, 0.29) is 10.9 Å². The summed E-state index contributed by atoms with van der Waals surface area (Å²) < 4.78 is 13.2. The Hall–Kier alpha value is -1.29. The molecule has 1 N–H and O–H groups in total. The molecule has 1 atom stereocenters. The summed E-state index contributed by atoms with van der Waals surface area (Å²) in [7, 11) is 0. The van der Waals surface area contributed by atoms with Crippen LogP contribution in [-0.4, -0.2) is 5.91 Å². The van der Waals surface area contributed by atoms with Gasteiger partial charge in [0.25, 0.3) is 0 Å². The molecule has 3 rings (SSSR count). The van der Waals surface area contributed by atoms with Crippen molar-refractivity contribution in [3.63, 3.8) is 0 Å². The molecule has 6 heteroatoms. The van der Waals surface area contributed by atoms with Crippen molar-refractivity contribution in [3.8, 4) is 0 Å². The number of hydrogen-bond donors (Lipinski definition) is 1. The Morgan fingerprint density at radius 3 is 2.62 bits per heavy atom. The maximum absolute atomic E-state index is 13.2. The van der Waals surface area contributed by atoms with Gasteiger partial charge in [-0.2, -0.15) is 0 Å². The zero-order chi connectivity index (χ0) is 15.1. The summed E-state index contributed by atoms with van der Waals surface area (Å²) in [6.07, 6.45) is 0.299. The van der Waals surface area contributed by atoms with Crippen LogP contribution in [0.4, 0.5) is 10.1 Å². The smallest absolute Gasteiger partial charge is 0.228 e. The first-order chi connectivity index (χ1) is 9.95. The summed E-state index contributed by atoms with van der Waals surface area (Å²) in [6, 6.07) is 7.77. The van der Waals surface area contributed by atoms with Crippen LogP contribution < -0.4 is 5.32 Å². The molecule has 0 radical (unpaired) electrons. The van der Waals surface area contributed by atoms with Gasteiger partial charge in [0.2, 0.25) is 5.91 Å². The van der Waals surface area contributed by atoms with Crippen LogP contribution in [0.25, 0.3) is 0 Å². The standard InChI is InChI=1S/C15H9Cl3FNO/c16-10-6-13-8(5-14(21)20-13)3-9(10)15(18)7-1-2-12(19)11(17)4-7/h1-4,6,15H,5H2,(H,20,21). The molecule has 0 spiro atoms. The lowest BCUT2D eigenvalue weighted by Crippen LogP contribution is -2.03. The van der Waals surface area contributed by atoms with E-state index in [9.17, 15) is 9.18 Å². The fourth-order valence-corrected chi connectivity index (χ4v) is 3.14. The Morgan fingerprint density at radius 2 is 1.90 bits per heavy atom. The van der Waals surface area contributed by atoms with Gasteiger partial charge in [0.1, 0.15) is 5.82 Å². The lowest BCUT2D eigenvalue weighted by atomic mass is 10.0. The van der Waals surface area contributed by atoms with Crippen molar-refractivity contribution in [2.45, 2.75) is 11.8 Å². The molecule has 0 aliphatic carbocycles. The number of nitrogens with one attached hydrogen (secondary N) is 1. The molecule has 2 nitrogen and oxygen atoms in total. The van der Waals surface area contributed by atoms with Crippen LogP contribution in [0.15, 0.2) is 30.3 Å². The van der Waals surface area contributed by atoms with Crippen LogP contribution in [0.1, 0.15) is 22.1 Å². The zero-order valence-corrected chi connectivity index (χ0v) is 12.9. The first kappa shape index (κ1) is 14.6. The third-order valence-corrected chi connectivity index (χ3v) is 4.46. The fraction of sp³-hybridized carbons (Fsp3) is 0.133. The van der Waals surface area contributed by atoms with E-state index in [1.54, 1.807) is 18.2 Å². The molecule has 2 aromatic rings. The topological polar surface area (TPSA) is 29.1 Å². The first-order valence-electron chi connectivity index (χ1n) is 6.17. The van der Waals surface area contributed by atoms with Crippen molar-refractivity contribution >= 4 is 46.4 Å². The van der Waals surface area contributed by atoms with Crippen molar-refractivity contribution in [2.75, 3.05) is 5.32 Å². The molecule has 1 unspecified atom stereocenters. The summed E-state index contributed by atoms with van der Waals surface area (Å²) in [5.41, 5.74) is 2.85. The zero-order valence-electron chi connectivity index (χ0n) is 10.6. The van der Waals surface area contributed by atoms with Crippen LogP contribution in [0.3, 0.4) is 0 Å². The van der Waals surface area contributed by atoms with E-state index in [1.807, 2.05) is 0 Å². The number of benzene rings is 2. The average molecular weight is 345 g/mol. The number of fused-ring (bicyclic) bond motifs is 1. The predicted octanol–water partition coefficient (Wildman–Crippen LogP) is 4.96. The van der Waals surface area contributed by atoms with E-state index in [4.69, 9.17) is 34.8 Å². The number of rotatable bonds is 2. The van der Waals surface area contributed by atoms with Gasteiger partial charge in [-0.1, -0.05) is 29.3 Å². The second-order valence-corrected chi connectivity index (χ2v) is 6.04. The minimum atomic E-state index is -0.573. The van der Waals surface area contributed by atoms with E-state index in [2.05, 4.69) is 5.32 Å². The molecule has 1 aliphatic rings. The van der Waals surface area contributed by atoms with Crippen molar-refractivity contribution in [1.82, 2.24) is 0 Å². The SMILES string of the molecule is O=C1Cc2cc(C(Cl)c3ccc(F)c(Cl)c3)c(Cl)cc2N1. The van der Waals surface area contributed by atoms with Gasteiger partial charge in [-0.05, 0) is 41.0 Å². The quantitative estimate of drug-likeness (QED) is 0.767. The van der Waals surface area contributed by atoms with Gasteiger partial charge in [0, 0.05) is 10.7 Å². The molecule has 0 fully saturated rings. The van der Waals surface area contributed by atoms with Gasteiger partial charge in [-0.3, -0.25) is 4.79 Å². The molecule has 0 saturated heterocycles. The maximum atomic E-state index is 13.2. The molecular weight excluding hydrogens is 336 g/mol. The highest BCUT2D eigenvalue weighted by atomic mass is 35.5. The van der Waals surface area contributed by atoms with E-state index >= 15 is 0 Å². The number of halogens is 4. The Bertz CT molecular complexity index is 748. The second kappa shape index (κ2) is 5.48. The van der Waals surface area contributed by atoms with E-state index < -0.39 is 11.2 Å². The lowest BCUT2D eigenvalue weighted by molar-refractivity contribution is -0.115. The van der Waals surface area contributed by atoms with Gasteiger partial charge >= 0.3 is 0 Å². The third kappa shape index (κ3) is 2.73. The first-order valence-corrected chi connectivity index (χ1v) is 7.36. The van der Waals surface area contributed by atoms with Gasteiger partial charge in [0.05, 0.1) is 16.8 Å². The summed E-state index contributed by atoms with van der Waals surface area (Å²) >= 11 is 18.4. The molecular formula is C15H9Cl3FNO. The summed E-state index contributed by atoms with van der Waals surface area (Å²) in [5, 5.41) is 2.60. The highest BCUT2D eigenvalue weighted by molar-refractivity contribution is 6.34. The number of carbonyl (C=O) groups is 1. The number of carbonyl (C=O) groups excluding carboxylic acids is 1. The number of anilines is 1. The Balaban J connectivity index is 2.02. The molecule has 0 aromatic heterocycles. The molecule has 1 heterocycles. The Morgan fingerprint density at radius 1 is 1.14 bits per heavy atom. The average Bonchev–Trinajstić information content (AvgIpc) is 2.79. The highest BCUT2D eigenvalue weighted by Crippen LogP contribution is 2.39. The largest absolute Gasteiger partial charge is 0.325 e. The van der Waals surface area contributed by atoms with Crippen molar-refractivity contribution < 1.29 is 9.18 Å². The number of amides is 1. The fourth-order valence-electron chi connectivity index (χ4n) is 2.31. The minimum absolute atomic E-state index is 0.00674. The third-order valence-electron chi connectivity index (χ3n) is 3.36. The molecule has 2 aromatic carbocycles. The molecule has 0 bridgehead atoms. The molecule has 1 aliphatic heterocycles. The Kier molecular flexibility index (Phi) is 3.82. The molecule has 1 amide bonds. The lowest BCUT2D eigenvalue weighted by Gasteiger charge is -2.14. The van der Waals surface area contributed by atoms with Gasteiger partial charge < -0.3 is 5.32 Å². The molecule has 0 saturated carbocycles. The van der Waals surface area contributed by atoms with Crippen LogP contribution in [0.5, 0.6) is 0 Å². The van der Waals surface area contributed by atoms with Crippen LogP contribution in [0, 0.1) is 5.82 Å². The van der Waals surface area contributed by atoms with Crippen LogP contribution in [-0.2, 0) is 11.2 Å². The van der Waals surface area contributed by atoms with E-state index in [1.165, 1.54) is 12.1 Å².